The highest BCUT2D eigenvalue weighted by Crippen LogP contribution is 2.51. The van der Waals surface area contributed by atoms with Crippen molar-refractivity contribution in [3.8, 4) is 11.5 Å². The Hall–Kier alpha value is -1.51. The van der Waals surface area contributed by atoms with Crippen molar-refractivity contribution in [3.05, 3.63) is 50.9 Å². The molecule has 0 saturated carbocycles. The maximum Gasteiger partial charge on any atom is 0.434 e. The molecule has 3 nitrogen and oxygen atoms in total. The minimum absolute atomic E-state index is 0.0819. The number of nitrogens with zero attached hydrogens (tertiary/aromatic N) is 1. The Morgan fingerprint density at radius 1 is 0.958 bits per heavy atom. The Morgan fingerprint density at radius 3 is 2.08 bits per heavy atom. The van der Waals surface area contributed by atoms with Gasteiger partial charge in [0, 0.05) is 11.0 Å². The maximum atomic E-state index is 13.3. The molecule has 2 aromatic rings. The summed E-state index contributed by atoms with van der Waals surface area (Å²) in [5.41, 5.74) is -0.589. The van der Waals surface area contributed by atoms with E-state index >= 15 is 0 Å². The Kier molecular flexibility index (Phi) is 4.17. The summed E-state index contributed by atoms with van der Waals surface area (Å²) in [4.78, 5) is 3.88. The van der Waals surface area contributed by atoms with Crippen molar-refractivity contribution < 1.29 is 22.6 Å². The van der Waals surface area contributed by atoms with Gasteiger partial charge in [-0.15, -0.1) is 0 Å². The zero-order chi connectivity index (χ0) is 17.7. The zero-order valence-electron chi connectivity index (χ0n) is 13.2. The molecule has 1 aliphatic heterocycles. The van der Waals surface area contributed by atoms with Gasteiger partial charge in [0.15, 0.2) is 17.2 Å². The van der Waals surface area contributed by atoms with Crippen LogP contribution >= 0.6 is 22.6 Å². The zero-order valence-corrected chi connectivity index (χ0v) is 15.4. The van der Waals surface area contributed by atoms with Gasteiger partial charge >= 0.3 is 6.18 Å². The fourth-order valence-electron chi connectivity index (χ4n) is 2.42. The van der Waals surface area contributed by atoms with E-state index in [9.17, 15) is 13.2 Å². The molecule has 0 N–H and O–H groups in total. The highest BCUT2D eigenvalue weighted by atomic mass is 127. The molecule has 1 atom stereocenters. The topological polar surface area (TPSA) is 31.4 Å². The Labute approximate surface area is 151 Å². The third-order valence-electron chi connectivity index (χ3n) is 3.55. The highest BCUT2D eigenvalue weighted by Gasteiger charge is 2.43. The van der Waals surface area contributed by atoms with Gasteiger partial charge < -0.3 is 9.47 Å². The fourth-order valence-corrected chi connectivity index (χ4v) is 3.22. The third kappa shape index (κ3) is 3.05. The third-order valence-corrected chi connectivity index (χ3v) is 4.55. The molecular weight excluding hydrogens is 434 g/mol. The Balaban J connectivity index is 2.15. The molecular formula is C17H15F3INO2. The van der Waals surface area contributed by atoms with Gasteiger partial charge in [0.1, 0.15) is 0 Å². The van der Waals surface area contributed by atoms with E-state index in [1.54, 1.807) is 55.5 Å². The van der Waals surface area contributed by atoms with Gasteiger partial charge in [-0.1, -0.05) is 51.1 Å². The molecule has 1 aromatic carbocycles. The number of halogens is 4. The van der Waals surface area contributed by atoms with E-state index in [2.05, 4.69) is 4.98 Å². The molecule has 24 heavy (non-hydrogen) atoms. The number of pyridine rings is 1. The lowest BCUT2D eigenvalue weighted by Gasteiger charge is -2.22. The number of hydrogen-bond donors (Lipinski definition) is 0. The second-order valence-corrected chi connectivity index (χ2v) is 7.59. The summed E-state index contributed by atoms with van der Waals surface area (Å²) in [6.45, 7) is 5.38. The average Bonchev–Trinajstić information content (AvgIpc) is 2.91. The first-order valence-electron chi connectivity index (χ1n) is 7.28. The molecule has 1 aliphatic rings. The van der Waals surface area contributed by atoms with Crippen LogP contribution in [0.3, 0.4) is 0 Å². The van der Waals surface area contributed by atoms with Gasteiger partial charge in [-0.2, -0.15) is 13.2 Å². The molecule has 2 heterocycles. The fraction of sp³-hybridized carbons (Fsp3) is 0.353. The molecule has 1 aromatic heterocycles. The van der Waals surface area contributed by atoms with E-state index in [1.807, 2.05) is 18.2 Å². The number of benzene rings is 1. The van der Waals surface area contributed by atoms with E-state index in [0.29, 0.717) is 0 Å². The highest BCUT2D eigenvalue weighted by molar-refractivity contribution is 14.1. The summed E-state index contributed by atoms with van der Waals surface area (Å²) in [5, 5.41) is 0. The van der Waals surface area contributed by atoms with Crippen molar-refractivity contribution >= 4 is 22.6 Å². The number of ether oxygens (including phenoxy) is 2. The Bertz CT molecular complexity index is 770. The predicted octanol–water partition coefficient (Wildman–Crippen LogP) is 5.47. The lowest BCUT2D eigenvalue weighted by molar-refractivity contribution is -0.142. The summed E-state index contributed by atoms with van der Waals surface area (Å²) >= 11 is 1.62. The van der Waals surface area contributed by atoms with Gasteiger partial charge in [0.2, 0.25) is 0 Å². The molecule has 1 unspecified atom stereocenters. The van der Waals surface area contributed by atoms with E-state index in [4.69, 9.17) is 9.47 Å². The second-order valence-electron chi connectivity index (χ2n) is 6.51. The van der Waals surface area contributed by atoms with Crippen LogP contribution < -0.4 is 9.47 Å². The van der Waals surface area contributed by atoms with Crippen LogP contribution in [0.1, 0.15) is 44.0 Å². The van der Waals surface area contributed by atoms with Crippen molar-refractivity contribution in [2.45, 2.75) is 38.7 Å². The molecule has 0 radical (unpaired) electrons. The molecule has 0 saturated heterocycles. The number of rotatable bonds is 1. The van der Waals surface area contributed by atoms with E-state index in [-0.39, 0.29) is 20.8 Å². The van der Waals surface area contributed by atoms with Gasteiger partial charge in [0.05, 0.1) is 9.26 Å². The number of aromatic nitrogens is 1. The largest absolute Gasteiger partial charge is 0.445 e. The van der Waals surface area contributed by atoms with Gasteiger partial charge in [-0.05, 0) is 22.6 Å². The molecule has 0 aliphatic carbocycles. The SMILES string of the molecule is CC(C)(C)c1nc(C(F)(F)F)c(I)c2c1OC(c1ccccc1)O2. The number of fused-ring (bicyclic) bond motifs is 1. The minimum Gasteiger partial charge on any atom is -0.445 e. The molecule has 0 bridgehead atoms. The lowest BCUT2D eigenvalue weighted by Crippen LogP contribution is -2.20. The first kappa shape index (κ1) is 17.3. The second kappa shape index (κ2) is 5.79. The molecule has 0 spiro atoms. The van der Waals surface area contributed by atoms with Crippen LogP contribution in [0, 0.1) is 3.57 Å². The van der Waals surface area contributed by atoms with Gasteiger partial charge in [0.25, 0.3) is 6.29 Å². The van der Waals surface area contributed by atoms with Crippen LogP contribution in [0.4, 0.5) is 13.2 Å². The average molecular weight is 449 g/mol. The number of alkyl halides is 3. The summed E-state index contributed by atoms with van der Waals surface area (Å²) in [6.07, 6.45) is -5.33. The van der Waals surface area contributed by atoms with Crippen LogP contribution in [0.25, 0.3) is 0 Å². The van der Waals surface area contributed by atoms with E-state index in [1.165, 1.54) is 0 Å². The molecule has 0 fully saturated rings. The summed E-state index contributed by atoms with van der Waals surface area (Å²) in [6, 6.07) is 9.09. The first-order valence-corrected chi connectivity index (χ1v) is 8.36. The van der Waals surface area contributed by atoms with Crippen molar-refractivity contribution in [1.29, 1.82) is 0 Å². The summed E-state index contributed by atoms with van der Waals surface area (Å²) in [5.74, 6) is 0.394. The quantitative estimate of drug-likeness (QED) is 0.541. The van der Waals surface area contributed by atoms with Crippen molar-refractivity contribution in [1.82, 2.24) is 4.98 Å². The normalized spacial score (nSPS) is 17.2. The van der Waals surface area contributed by atoms with Crippen molar-refractivity contribution in [2.24, 2.45) is 0 Å². The molecule has 0 amide bonds. The van der Waals surface area contributed by atoms with Crippen LogP contribution in [0.15, 0.2) is 30.3 Å². The van der Waals surface area contributed by atoms with Crippen LogP contribution in [0.2, 0.25) is 0 Å². The standard InChI is InChI=1S/C17H15F3INO2/c1-16(2,3)14-12-11(10(21)13(22-14)17(18,19)20)23-15(24-12)9-7-5-4-6-8-9/h4-8,15H,1-3H3. The van der Waals surface area contributed by atoms with Crippen LogP contribution in [-0.4, -0.2) is 4.98 Å². The van der Waals surface area contributed by atoms with Crippen LogP contribution in [-0.2, 0) is 11.6 Å². The lowest BCUT2D eigenvalue weighted by atomic mass is 9.90. The molecule has 3 rings (SSSR count). The van der Waals surface area contributed by atoms with Crippen molar-refractivity contribution in [3.63, 3.8) is 0 Å². The van der Waals surface area contributed by atoms with Crippen molar-refractivity contribution in [2.75, 3.05) is 0 Å². The Morgan fingerprint density at radius 2 is 1.54 bits per heavy atom. The van der Waals surface area contributed by atoms with E-state index < -0.39 is 23.6 Å². The van der Waals surface area contributed by atoms with Crippen LogP contribution in [0.5, 0.6) is 11.5 Å². The summed E-state index contributed by atoms with van der Waals surface area (Å²) < 4.78 is 51.5. The van der Waals surface area contributed by atoms with Gasteiger partial charge in [-0.3, -0.25) is 0 Å². The maximum absolute atomic E-state index is 13.3. The summed E-state index contributed by atoms with van der Waals surface area (Å²) in [7, 11) is 0. The molecule has 128 valence electrons. The minimum atomic E-state index is -4.56. The van der Waals surface area contributed by atoms with Gasteiger partial charge in [-0.25, -0.2) is 4.98 Å². The molecule has 7 heteroatoms. The first-order chi connectivity index (χ1) is 11.1. The number of hydrogen-bond acceptors (Lipinski definition) is 3. The smallest absolute Gasteiger partial charge is 0.434 e. The monoisotopic (exact) mass is 449 g/mol. The predicted molar refractivity (Wildman–Crippen MR) is 91.1 cm³/mol. The van der Waals surface area contributed by atoms with E-state index in [0.717, 1.165) is 5.56 Å².